The highest BCUT2D eigenvalue weighted by molar-refractivity contribution is 6.09. The Kier molecular flexibility index (Phi) is 3.24. The Morgan fingerprint density at radius 3 is 2.28 bits per heavy atom. The molecule has 0 unspecified atom stereocenters. The van der Waals surface area contributed by atoms with Gasteiger partial charge in [-0.25, -0.2) is 8.78 Å². The van der Waals surface area contributed by atoms with Gasteiger partial charge in [0.2, 0.25) is 0 Å². The van der Waals surface area contributed by atoms with Gasteiger partial charge in [-0.05, 0) is 43.2 Å². The Morgan fingerprint density at radius 2 is 1.67 bits per heavy atom. The molecule has 0 atom stereocenters. The molecule has 0 aliphatic rings. The van der Waals surface area contributed by atoms with E-state index in [-0.39, 0.29) is 5.56 Å². The molecule has 1 nitrogen and oxygen atoms in total. The molecule has 18 heavy (non-hydrogen) atoms. The zero-order valence-corrected chi connectivity index (χ0v) is 10.1. The summed E-state index contributed by atoms with van der Waals surface area (Å²) in [5.74, 6) is -1.96. The Balaban J connectivity index is 2.44. The van der Waals surface area contributed by atoms with Gasteiger partial charge < -0.3 is 0 Å². The Bertz CT molecular complexity index is 618. The highest BCUT2D eigenvalue weighted by Crippen LogP contribution is 2.17. The molecule has 2 aromatic carbocycles. The average Bonchev–Trinajstić information content (AvgIpc) is 2.32. The third-order valence-electron chi connectivity index (χ3n) is 2.94. The SMILES string of the molecule is Cc1ccc(C(=O)c2ccc(F)cc2F)cc1C. The fraction of sp³-hybridized carbons (Fsp3) is 0.133. The first kappa shape index (κ1) is 12.4. The molecule has 0 fully saturated rings. The summed E-state index contributed by atoms with van der Waals surface area (Å²) >= 11 is 0. The minimum atomic E-state index is -0.835. The van der Waals surface area contributed by atoms with E-state index in [1.54, 1.807) is 12.1 Å². The van der Waals surface area contributed by atoms with Gasteiger partial charge in [-0.15, -0.1) is 0 Å². The molecule has 0 aliphatic heterocycles. The van der Waals surface area contributed by atoms with Crippen LogP contribution in [0.2, 0.25) is 0 Å². The van der Waals surface area contributed by atoms with Crippen molar-refractivity contribution < 1.29 is 13.6 Å². The number of benzene rings is 2. The lowest BCUT2D eigenvalue weighted by molar-refractivity contribution is 0.103. The van der Waals surface area contributed by atoms with Gasteiger partial charge >= 0.3 is 0 Å². The lowest BCUT2D eigenvalue weighted by Gasteiger charge is -2.05. The van der Waals surface area contributed by atoms with Crippen LogP contribution in [-0.2, 0) is 0 Å². The third kappa shape index (κ3) is 2.30. The van der Waals surface area contributed by atoms with Crippen LogP contribution in [0.1, 0.15) is 27.0 Å². The van der Waals surface area contributed by atoms with Crippen molar-refractivity contribution in [3.05, 3.63) is 70.3 Å². The monoisotopic (exact) mass is 246 g/mol. The van der Waals surface area contributed by atoms with Crippen molar-refractivity contribution >= 4 is 5.78 Å². The minimum Gasteiger partial charge on any atom is -0.288 e. The largest absolute Gasteiger partial charge is 0.288 e. The number of hydrogen-bond acceptors (Lipinski definition) is 1. The number of carbonyl (C=O) groups excluding carboxylic acids is 1. The molecule has 0 aromatic heterocycles. The number of rotatable bonds is 2. The smallest absolute Gasteiger partial charge is 0.195 e. The first-order valence-electron chi connectivity index (χ1n) is 5.56. The predicted molar refractivity (Wildman–Crippen MR) is 65.7 cm³/mol. The molecule has 0 bridgehead atoms. The molecule has 0 saturated carbocycles. The Morgan fingerprint density at radius 1 is 0.944 bits per heavy atom. The first-order valence-corrected chi connectivity index (χ1v) is 5.56. The molecule has 0 heterocycles. The van der Waals surface area contributed by atoms with Crippen molar-refractivity contribution in [2.45, 2.75) is 13.8 Å². The van der Waals surface area contributed by atoms with E-state index in [4.69, 9.17) is 0 Å². The second kappa shape index (κ2) is 4.69. The molecule has 3 heteroatoms. The van der Waals surface area contributed by atoms with Gasteiger partial charge in [0.25, 0.3) is 0 Å². The minimum absolute atomic E-state index is 0.111. The number of aryl methyl sites for hydroxylation is 2. The number of hydrogen-bond donors (Lipinski definition) is 0. The maximum absolute atomic E-state index is 13.5. The van der Waals surface area contributed by atoms with Crippen molar-refractivity contribution in [1.82, 2.24) is 0 Å². The van der Waals surface area contributed by atoms with Gasteiger partial charge in [0.1, 0.15) is 11.6 Å². The number of ketones is 1. The fourth-order valence-electron chi connectivity index (χ4n) is 1.71. The number of carbonyl (C=O) groups is 1. The Labute approximate surface area is 104 Å². The molecule has 0 amide bonds. The van der Waals surface area contributed by atoms with Crippen LogP contribution in [0.5, 0.6) is 0 Å². The van der Waals surface area contributed by atoms with E-state index in [0.717, 1.165) is 17.2 Å². The normalized spacial score (nSPS) is 10.4. The molecule has 0 aliphatic carbocycles. The summed E-state index contributed by atoms with van der Waals surface area (Å²) in [7, 11) is 0. The van der Waals surface area contributed by atoms with Crippen LogP contribution < -0.4 is 0 Å². The van der Waals surface area contributed by atoms with Crippen molar-refractivity contribution in [3.63, 3.8) is 0 Å². The highest BCUT2D eigenvalue weighted by atomic mass is 19.1. The Hall–Kier alpha value is -2.03. The van der Waals surface area contributed by atoms with Crippen molar-refractivity contribution in [3.8, 4) is 0 Å². The van der Waals surface area contributed by atoms with Crippen molar-refractivity contribution in [1.29, 1.82) is 0 Å². The molecule has 0 spiro atoms. The predicted octanol–water partition coefficient (Wildman–Crippen LogP) is 3.81. The molecule has 2 rings (SSSR count). The lowest BCUT2D eigenvalue weighted by Crippen LogP contribution is -2.05. The summed E-state index contributed by atoms with van der Waals surface area (Å²) < 4.78 is 26.3. The van der Waals surface area contributed by atoms with Crippen LogP contribution in [0.15, 0.2) is 36.4 Å². The van der Waals surface area contributed by atoms with E-state index in [1.807, 2.05) is 19.9 Å². The topological polar surface area (TPSA) is 17.1 Å². The van der Waals surface area contributed by atoms with Gasteiger partial charge in [0.05, 0.1) is 5.56 Å². The van der Waals surface area contributed by atoms with Gasteiger partial charge in [0, 0.05) is 11.6 Å². The van der Waals surface area contributed by atoms with E-state index >= 15 is 0 Å². The van der Waals surface area contributed by atoms with Crippen LogP contribution in [0.3, 0.4) is 0 Å². The average molecular weight is 246 g/mol. The molecule has 0 saturated heterocycles. The molecular formula is C15H12F2O. The second-order valence-corrected chi connectivity index (χ2v) is 4.25. The maximum atomic E-state index is 13.5. The van der Waals surface area contributed by atoms with Crippen LogP contribution in [0.4, 0.5) is 8.78 Å². The maximum Gasteiger partial charge on any atom is 0.195 e. The zero-order chi connectivity index (χ0) is 13.3. The lowest BCUT2D eigenvalue weighted by atomic mass is 9.99. The molecule has 2 aromatic rings. The molecular weight excluding hydrogens is 234 g/mol. The van der Waals surface area contributed by atoms with E-state index in [0.29, 0.717) is 11.6 Å². The summed E-state index contributed by atoms with van der Waals surface area (Å²) in [4.78, 5) is 12.1. The van der Waals surface area contributed by atoms with E-state index in [9.17, 15) is 13.6 Å². The number of halogens is 2. The van der Waals surface area contributed by atoms with Crippen LogP contribution >= 0.6 is 0 Å². The molecule has 0 radical (unpaired) electrons. The van der Waals surface area contributed by atoms with Gasteiger partial charge in [-0.1, -0.05) is 12.1 Å². The van der Waals surface area contributed by atoms with Crippen molar-refractivity contribution in [2.75, 3.05) is 0 Å². The first-order chi connectivity index (χ1) is 8.49. The summed E-state index contributed by atoms with van der Waals surface area (Å²) in [6, 6.07) is 8.13. The van der Waals surface area contributed by atoms with Crippen LogP contribution in [0, 0.1) is 25.5 Å². The molecule has 92 valence electrons. The second-order valence-electron chi connectivity index (χ2n) is 4.25. The summed E-state index contributed by atoms with van der Waals surface area (Å²) in [6.07, 6.45) is 0. The van der Waals surface area contributed by atoms with Crippen molar-refractivity contribution in [2.24, 2.45) is 0 Å². The van der Waals surface area contributed by atoms with E-state index < -0.39 is 17.4 Å². The summed E-state index contributed by atoms with van der Waals surface area (Å²) in [5, 5.41) is 0. The third-order valence-corrected chi connectivity index (χ3v) is 2.94. The van der Waals surface area contributed by atoms with Gasteiger partial charge in [0.15, 0.2) is 5.78 Å². The summed E-state index contributed by atoms with van der Waals surface area (Å²) in [6.45, 7) is 3.81. The van der Waals surface area contributed by atoms with Crippen LogP contribution in [0.25, 0.3) is 0 Å². The van der Waals surface area contributed by atoms with Crippen LogP contribution in [-0.4, -0.2) is 5.78 Å². The van der Waals surface area contributed by atoms with Gasteiger partial charge in [-0.2, -0.15) is 0 Å². The van der Waals surface area contributed by atoms with Gasteiger partial charge in [-0.3, -0.25) is 4.79 Å². The van der Waals surface area contributed by atoms with E-state index in [1.165, 1.54) is 6.07 Å². The summed E-state index contributed by atoms with van der Waals surface area (Å²) in [5.41, 5.74) is 2.32. The zero-order valence-electron chi connectivity index (χ0n) is 10.1. The highest BCUT2D eigenvalue weighted by Gasteiger charge is 2.14. The standard InChI is InChI=1S/C15H12F2O/c1-9-3-4-11(7-10(9)2)15(18)13-6-5-12(16)8-14(13)17/h3-8H,1-2H3. The fourth-order valence-corrected chi connectivity index (χ4v) is 1.71. The quantitative estimate of drug-likeness (QED) is 0.736. The van der Waals surface area contributed by atoms with E-state index in [2.05, 4.69) is 0 Å². The molecule has 0 N–H and O–H groups in total.